The first-order chi connectivity index (χ1) is 9.02. The van der Waals surface area contributed by atoms with Crippen molar-refractivity contribution in [3.63, 3.8) is 0 Å². The molecule has 0 fully saturated rings. The molecule has 0 aliphatic heterocycles. The van der Waals surface area contributed by atoms with Crippen molar-refractivity contribution in [2.24, 2.45) is 5.73 Å². The van der Waals surface area contributed by atoms with E-state index in [1.165, 1.54) is 25.4 Å². The smallest absolute Gasteiger partial charge is 0.273 e. The minimum Gasteiger partial charge on any atom is -0.496 e. The number of nitrogens with two attached hydrogens (primary N) is 1. The first-order valence-corrected chi connectivity index (χ1v) is 5.57. The lowest BCUT2D eigenvalue weighted by Gasteiger charge is -2.05. The minimum absolute atomic E-state index is 0.0486. The maximum Gasteiger partial charge on any atom is 0.273 e. The number of nitrogens with zero attached hydrogens (tertiary/aromatic N) is 2. The van der Waals surface area contributed by atoms with E-state index in [0.29, 0.717) is 23.0 Å². The molecule has 19 heavy (non-hydrogen) atoms. The number of oxazole rings is 1. The Hall–Kier alpha value is -2.41. The van der Waals surface area contributed by atoms with Crippen LogP contribution < -0.4 is 10.5 Å². The summed E-state index contributed by atoms with van der Waals surface area (Å²) in [5, 5.41) is 10.7. The van der Waals surface area contributed by atoms with Gasteiger partial charge in [-0.3, -0.25) is 10.1 Å². The number of hydrogen-bond acceptors (Lipinski definition) is 6. The van der Waals surface area contributed by atoms with E-state index in [2.05, 4.69) is 4.98 Å². The van der Waals surface area contributed by atoms with E-state index in [1.807, 2.05) is 0 Å². The van der Waals surface area contributed by atoms with Gasteiger partial charge in [0.2, 0.25) is 5.89 Å². The Kier molecular flexibility index (Phi) is 3.48. The second-order valence-electron chi connectivity index (χ2n) is 3.99. The van der Waals surface area contributed by atoms with Crippen molar-refractivity contribution in [2.75, 3.05) is 7.11 Å². The number of nitro groups is 1. The molecular formula is C12H13N3O4. The van der Waals surface area contributed by atoms with Crippen LogP contribution in [0.5, 0.6) is 5.75 Å². The summed E-state index contributed by atoms with van der Waals surface area (Å²) in [7, 11) is 1.44. The van der Waals surface area contributed by atoms with Crippen molar-refractivity contribution < 1.29 is 14.1 Å². The summed E-state index contributed by atoms with van der Waals surface area (Å²) in [5.41, 5.74) is 6.20. The second kappa shape index (κ2) is 5.07. The maximum absolute atomic E-state index is 10.7. The third kappa shape index (κ3) is 2.55. The van der Waals surface area contributed by atoms with Gasteiger partial charge in [0.05, 0.1) is 35.9 Å². The Balaban J connectivity index is 2.46. The fourth-order valence-corrected chi connectivity index (χ4v) is 1.62. The van der Waals surface area contributed by atoms with Gasteiger partial charge in [-0.2, -0.15) is 0 Å². The summed E-state index contributed by atoms with van der Waals surface area (Å²) in [6.07, 6.45) is 1.52. The highest BCUT2D eigenvalue weighted by molar-refractivity contribution is 5.67. The number of non-ortho nitro benzene ring substituents is 1. The van der Waals surface area contributed by atoms with Crippen LogP contribution in [-0.4, -0.2) is 17.0 Å². The number of methoxy groups -OCH3 is 1. The number of aromatic nitrogens is 1. The third-order valence-corrected chi connectivity index (χ3v) is 2.57. The largest absolute Gasteiger partial charge is 0.496 e. The van der Waals surface area contributed by atoms with Gasteiger partial charge < -0.3 is 14.9 Å². The Labute approximate surface area is 109 Å². The van der Waals surface area contributed by atoms with E-state index in [1.54, 1.807) is 13.0 Å². The number of ether oxygens (including phenoxy) is 1. The lowest BCUT2D eigenvalue weighted by atomic mass is 10.1. The zero-order valence-electron chi connectivity index (χ0n) is 10.5. The second-order valence-corrected chi connectivity index (χ2v) is 3.99. The van der Waals surface area contributed by atoms with Crippen molar-refractivity contribution in [3.05, 3.63) is 40.4 Å². The molecule has 0 spiro atoms. The molecule has 0 saturated carbocycles. The molecule has 2 N–H and O–H groups in total. The Morgan fingerprint density at radius 3 is 2.79 bits per heavy atom. The third-order valence-electron chi connectivity index (χ3n) is 2.57. The molecule has 1 atom stereocenters. The number of rotatable bonds is 4. The summed E-state index contributed by atoms with van der Waals surface area (Å²) in [6.45, 7) is 1.75. The topological polar surface area (TPSA) is 104 Å². The fraction of sp³-hybridized carbons (Fsp3) is 0.250. The van der Waals surface area contributed by atoms with Gasteiger partial charge in [-0.05, 0) is 13.0 Å². The van der Waals surface area contributed by atoms with Gasteiger partial charge in [0, 0.05) is 6.07 Å². The van der Waals surface area contributed by atoms with Crippen LogP contribution in [0.1, 0.15) is 18.9 Å². The van der Waals surface area contributed by atoms with Gasteiger partial charge in [-0.1, -0.05) is 0 Å². The van der Waals surface area contributed by atoms with E-state index in [-0.39, 0.29) is 11.7 Å². The quantitative estimate of drug-likeness (QED) is 0.670. The summed E-state index contributed by atoms with van der Waals surface area (Å²) >= 11 is 0. The highest BCUT2D eigenvalue weighted by Crippen LogP contribution is 2.33. The number of benzene rings is 1. The zero-order chi connectivity index (χ0) is 14.0. The molecule has 0 saturated heterocycles. The van der Waals surface area contributed by atoms with Crippen LogP contribution in [0, 0.1) is 10.1 Å². The Morgan fingerprint density at radius 1 is 1.53 bits per heavy atom. The summed E-state index contributed by atoms with van der Waals surface area (Å²) in [6, 6.07) is 3.95. The molecule has 100 valence electrons. The molecule has 2 aromatic rings. The van der Waals surface area contributed by atoms with Crippen LogP contribution in [0.15, 0.2) is 28.8 Å². The lowest BCUT2D eigenvalue weighted by molar-refractivity contribution is -0.384. The van der Waals surface area contributed by atoms with Crippen molar-refractivity contribution in [1.82, 2.24) is 4.98 Å². The standard InChI is InChI=1S/C12H13N3O4/c1-7(13)12-14-6-11(19-12)9-4-3-8(15(16)17)5-10(9)18-2/h3-7H,13H2,1-2H3. The van der Waals surface area contributed by atoms with Crippen molar-refractivity contribution >= 4 is 5.69 Å². The van der Waals surface area contributed by atoms with Gasteiger partial charge in [0.15, 0.2) is 5.76 Å². The molecule has 1 aromatic heterocycles. The Morgan fingerprint density at radius 2 is 2.26 bits per heavy atom. The molecule has 0 aliphatic carbocycles. The average molecular weight is 263 g/mol. The number of nitro benzene ring substituents is 1. The van der Waals surface area contributed by atoms with Crippen LogP contribution in [0.2, 0.25) is 0 Å². The molecule has 0 aliphatic rings. The first-order valence-electron chi connectivity index (χ1n) is 5.57. The minimum atomic E-state index is -0.486. The summed E-state index contributed by atoms with van der Waals surface area (Å²) < 4.78 is 10.6. The van der Waals surface area contributed by atoms with Crippen LogP contribution in [0.4, 0.5) is 5.69 Å². The average Bonchev–Trinajstić information content (AvgIpc) is 2.87. The van der Waals surface area contributed by atoms with E-state index in [4.69, 9.17) is 14.9 Å². The van der Waals surface area contributed by atoms with Crippen molar-refractivity contribution in [2.45, 2.75) is 13.0 Å². The molecule has 0 radical (unpaired) electrons. The highest BCUT2D eigenvalue weighted by atomic mass is 16.6. The monoisotopic (exact) mass is 263 g/mol. The highest BCUT2D eigenvalue weighted by Gasteiger charge is 2.16. The normalized spacial score (nSPS) is 12.2. The van der Waals surface area contributed by atoms with Gasteiger partial charge in [-0.25, -0.2) is 4.98 Å². The maximum atomic E-state index is 10.7. The van der Waals surface area contributed by atoms with Gasteiger partial charge in [-0.15, -0.1) is 0 Å². The summed E-state index contributed by atoms with van der Waals surface area (Å²) in [4.78, 5) is 14.3. The van der Waals surface area contributed by atoms with Crippen LogP contribution in [0.3, 0.4) is 0 Å². The van der Waals surface area contributed by atoms with Crippen LogP contribution in [0.25, 0.3) is 11.3 Å². The predicted octanol–water partition coefficient (Wildman–Crippen LogP) is 2.28. The SMILES string of the molecule is COc1cc([N+](=O)[O-])ccc1-c1cnc(C(C)N)o1. The molecular weight excluding hydrogens is 250 g/mol. The molecule has 1 heterocycles. The molecule has 0 amide bonds. The fourth-order valence-electron chi connectivity index (χ4n) is 1.62. The molecule has 2 rings (SSSR count). The van der Waals surface area contributed by atoms with Crippen molar-refractivity contribution in [1.29, 1.82) is 0 Å². The Bertz CT molecular complexity index is 607. The van der Waals surface area contributed by atoms with Gasteiger partial charge in [0.1, 0.15) is 5.75 Å². The van der Waals surface area contributed by atoms with Crippen molar-refractivity contribution in [3.8, 4) is 17.1 Å². The van der Waals surface area contributed by atoms with Crippen LogP contribution >= 0.6 is 0 Å². The van der Waals surface area contributed by atoms with E-state index >= 15 is 0 Å². The van der Waals surface area contributed by atoms with E-state index < -0.39 is 4.92 Å². The predicted molar refractivity (Wildman–Crippen MR) is 67.7 cm³/mol. The number of hydrogen-bond donors (Lipinski definition) is 1. The molecule has 7 heteroatoms. The first kappa shape index (κ1) is 13.0. The molecule has 1 aromatic carbocycles. The molecule has 1 unspecified atom stereocenters. The van der Waals surface area contributed by atoms with E-state index in [9.17, 15) is 10.1 Å². The van der Waals surface area contributed by atoms with Gasteiger partial charge >= 0.3 is 0 Å². The molecule has 0 bridgehead atoms. The van der Waals surface area contributed by atoms with Gasteiger partial charge in [0.25, 0.3) is 5.69 Å². The lowest BCUT2D eigenvalue weighted by Crippen LogP contribution is -2.04. The van der Waals surface area contributed by atoms with Crippen LogP contribution in [-0.2, 0) is 0 Å². The molecule has 7 nitrogen and oxygen atoms in total. The zero-order valence-corrected chi connectivity index (χ0v) is 10.5. The summed E-state index contributed by atoms with van der Waals surface area (Å²) in [5.74, 6) is 1.20. The van der Waals surface area contributed by atoms with E-state index in [0.717, 1.165) is 0 Å².